The largest absolute Gasteiger partial charge is 0.359 e. The summed E-state index contributed by atoms with van der Waals surface area (Å²) >= 11 is 0. The highest BCUT2D eigenvalue weighted by atomic mass is 16.2. The molecule has 5 heteroatoms. The van der Waals surface area contributed by atoms with Gasteiger partial charge in [-0.2, -0.15) is 0 Å². The summed E-state index contributed by atoms with van der Waals surface area (Å²) in [7, 11) is 1.64. The van der Waals surface area contributed by atoms with E-state index in [1.165, 1.54) is 0 Å². The average Bonchev–Trinajstić information content (AvgIpc) is 2.28. The minimum absolute atomic E-state index is 0.0362. The summed E-state index contributed by atoms with van der Waals surface area (Å²) in [5.41, 5.74) is 0. The lowest BCUT2D eigenvalue weighted by Gasteiger charge is -2.29. The van der Waals surface area contributed by atoms with Gasteiger partial charge in [-0.3, -0.25) is 9.59 Å². The van der Waals surface area contributed by atoms with Gasteiger partial charge in [-0.15, -0.1) is 0 Å². The van der Waals surface area contributed by atoms with Gasteiger partial charge in [-0.25, -0.2) is 0 Å². The Morgan fingerprint density at radius 1 is 1.40 bits per heavy atom. The molecule has 0 unspecified atom stereocenters. The second-order valence-electron chi connectivity index (χ2n) is 3.82. The molecule has 86 valence electrons. The molecule has 0 aromatic heterocycles. The first-order valence-corrected chi connectivity index (χ1v) is 5.39. The zero-order valence-electron chi connectivity index (χ0n) is 9.30. The van der Waals surface area contributed by atoms with Crippen molar-refractivity contribution in [2.75, 3.05) is 20.1 Å². The molecule has 2 atom stereocenters. The molecule has 0 bridgehead atoms. The van der Waals surface area contributed by atoms with E-state index < -0.39 is 0 Å². The molecular formula is C10H19N3O2. The topological polar surface area (TPSA) is 70.2 Å². The monoisotopic (exact) mass is 213 g/mol. The Kier molecular flexibility index (Phi) is 4.55. The summed E-state index contributed by atoms with van der Waals surface area (Å²) in [5, 5.41) is 8.68. The molecule has 1 fully saturated rings. The van der Waals surface area contributed by atoms with Crippen LogP contribution in [-0.2, 0) is 9.59 Å². The third-order valence-corrected chi connectivity index (χ3v) is 2.65. The Morgan fingerprint density at radius 2 is 2.13 bits per heavy atom. The average molecular weight is 213 g/mol. The Balaban J connectivity index is 2.42. The summed E-state index contributed by atoms with van der Waals surface area (Å²) in [5.74, 6) is 0.0446. The molecule has 2 amide bonds. The van der Waals surface area contributed by atoms with Crippen LogP contribution in [0.15, 0.2) is 0 Å². The van der Waals surface area contributed by atoms with E-state index in [1.807, 2.05) is 6.92 Å². The highest BCUT2D eigenvalue weighted by molar-refractivity contribution is 5.79. The maximum atomic E-state index is 11.4. The van der Waals surface area contributed by atoms with Gasteiger partial charge >= 0.3 is 0 Å². The molecule has 0 saturated carbocycles. The van der Waals surface area contributed by atoms with Gasteiger partial charge in [0.1, 0.15) is 0 Å². The molecule has 1 heterocycles. The first-order valence-electron chi connectivity index (χ1n) is 5.39. The summed E-state index contributed by atoms with van der Waals surface area (Å²) in [6.07, 6.45) is 1.21. The van der Waals surface area contributed by atoms with Gasteiger partial charge in [0.25, 0.3) is 0 Å². The first-order chi connectivity index (χ1) is 7.17. The molecule has 0 aliphatic carbocycles. The number of rotatable bonds is 3. The molecule has 1 aliphatic rings. The minimum atomic E-state index is -0.0362. The van der Waals surface area contributed by atoms with Crippen molar-refractivity contribution in [1.82, 2.24) is 16.0 Å². The molecule has 1 aliphatic heterocycles. The van der Waals surface area contributed by atoms with Crippen LogP contribution in [0.3, 0.4) is 0 Å². The highest BCUT2D eigenvalue weighted by Gasteiger charge is 2.26. The van der Waals surface area contributed by atoms with Gasteiger partial charge in [-0.05, 0) is 6.42 Å². The summed E-state index contributed by atoms with van der Waals surface area (Å²) < 4.78 is 0. The van der Waals surface area contributed by atoms with E-state index in [4.69, 9.17) is 0 Å². The number of hydrogen-bond donors (Lipinski definition) is 3. The van der Waals surface area contributed by atoms with Crippen LogP contribution in [0.25, 0.3) is 0 Å². The van der Waals surface area contributed by atoms with Gasteiger partial charge in [-0.1, -0.05) is 6.92 Å². The van der Waals surface area contributed by atoms with Crippen molar-refractivity contribution < 1.29 is 9.59 Å². The molecule has 0 radical (unpaired) electrons. The molecule has 0 aromatic carbocycles. The van der Waals surface area contributed by atoms with Crippen LogP contribution >= 0.6 is 0 Å². The number of piperidine rings is 1. The van der Waals surface area contributed by atoms with E-state index in [-0.39, 0.29) is 23.8 Å². The molecule has 15 heavy (non-hydrogen) atoms. The number of nitrogens with one attached hydrogen (secondary N) is 3. The van der Waals surface area contributed by atoms with Gasteiger partial charge < -0.3 is 16.0 Å². The lowest BCUT2D eigenvalue weighted by molar-refractivity contribution is -0.126. The van der Waals surface area contributed by atoms with E-state index in [2.05, 4.69) is 16.0 Å². The second kappa shape index (κ2) is 5.70. The quantitative estimate of drug-likeness (QED) is 0.577. The number of carbonyl (C=O) groups excluding carboxylic acids is 2. The summed E-state index contributed by atoms with van der Waals surface area (Å²) in [6, 6.07) is 0.0773. The molecule has 0 aromatic rings. The van der Waals surface area contributed by atoms with Crippen molar-refractivity contribution in [3.8, 4) is 0 Å². The molecule has 3 N–H and O–H groups in total. The Bertz CT molecular complexity index is 243. The van der Waals surface area contributed by atoms with Crippen molar-refractivity contribution >= 4 is 11.8 Å². The first kappa shape index (κ1) is 12.0. The number of hydrogen-bond acceptors (Lipinski definition) is 3. The van der Waals surface area contributed by atoms with Crippen molar-refractivity contribution in [1.29, 1.82) is 0 Å². The highest BCUT2D eigenvalue weighted by Crippen LogP contribution is 2.10. The molecule has 1 rings (SSSR count). The van der Waals surface area contributed by atoms with E-state index in [0.717, 1.165) is 13.0 Å². The van der Waals surface area contributed by atoms with E-state index in [1.54, 1.807) is 7.05 Å². The van der Waals surface area contributed by atoms with Crippen LogP contribution in [0.5, 0.6) is 0 Å². The maximum Gasteiger partial charge on any atom is 0.224 e. The Morgan fingerprint density at radius 3 is 2.73 bits per heavy atom. The lowest BCUT2D eigenvalue weighted by Crippen LogP contribution is -2.51. The third-order valence-electron chi connectivity index (χ3n) is 2.65. The minimum Gasteiger partial charge on any atom is -0.359 e. The Hall–Kier alpha value is -1.10. The predicted molar refractivity (Wildman–Crippen MR) is 57.3 cm³/mol. The fourth-order valence-electron chi connectivity index (χ4n) is 1.79. The van der Waals surface area contributed by atoms with Gasteiger partial charge in [0.15, 0.2) is 0 Å². The van der Waals surface area contributed by atoms with Crippen LogP contribution in [0.4, 0.5) is 0 Å². The molecule has 0 spiro atoms. The zero-order valence-corrected chi connectivity index (χ0v) is 9.30. The van der Waals surface area contributed by atoms with Gasteiger partial charge in [0, 0.05) is 32.6 Å². The SMILES string of the molecule is CCC(=O)N[C@@H]1CNC[C@H](C(=O)NC)C1. The van der Waals surface area contributed by atoms with Gasteiger partial charge in [0.05, 0.1) is 5.92 Å². The van der Waals surface area contributed by atoms with Crippen LogP contribution in [0.2, 0.25) is 0 Å². The standard InChI is InChI=1S/C10H19N3O2/c1-3-9(14)13-8-4-7(5-12-6-8)10(15)11-2/h7-8,12H,3-6H2,1-2H3,(H,11,15)(H,13,14)/t7-,8+/m1/s1. The fraction of sp³-hybridized carbons (Fsp3) is 0.800. The smallest absolute Gasteiger partial charge is 0.224 e. The Labute approximate surface area is 90.0 Å². The van der Waals surface area contributed by atoms with E-state index in [9.17, 15) is 9.59 Å². The fourth-order valence-corrected chi connectivity index (χ4v) is 1.79. The van der Waals surface area contributed by atoms with E-state index in [0.29, 0.717) is 13.0 Å². The van der Waals surface area contributed by atoms with Crippen LogP contribution < -0.4 is 16.0 Å². The number of amides is 2. The van der Waals surface area contributed by atoms with Crippen molar-refractivity contribution in [3.63, 3.8) is 0 Å². The predicted octanol–water partition coefficient (Wildman–Crippen LogP) is -0.763. The summed E-state index contributed by atoms with van der Waals surface area (Å²) in [4.78, 5) is 22.6. The number of carbonyl (C=O) groups is 2. The van der Waals surface area contributed by atoms with Crippen LogP contribution in [0.1, 0.15) is 19.8 Å². The molecular weight excluding hydrogens is 194 g/mol. The van der Waals surface area contributed by atoms with Crippen molar-refractivity contribution in [2.45, 2.75) is 25.8 Å². The van der Waals surface area contributed by atoms with E-state index >= 15 is 0 Å². The van der Waals surface area contributed by atoms with Crippen LogP contribution in [-0.4, -0.2) is 38.0 Å². The van der Waals surface area contributed by atoms with Gasteiger partial charge in [0.2, 0.25) is 11.8 Å². The summed E-state index contributed by atoms with van der Waals surface area (Å²) in [6.45, 7) is 3.26. The lowest BCUT2D eigenvalue weighted by atomic mass is 9.95. The third kappa shape index (κ3) is 3.51. The van der Waals surface area contributed by atoms with Crippen molar-refractivity contribution in [2.24, 2.45) is 5.92 Å². The second-order valence-corrected chi connectivity index (χ2v) is 3.82. The van der Waals surface area contributed by atoms with Crippen LogP contribution in [0, 0.1) is 5.92 Å². The normalized spacial score (nSPS) is 25.7. The molecule has 5 nitrogen and oxygen atoms in total. The zero-order chi connectivity index (χ0) is 11.3. The van der Waals surface area contributed by atoms with Crippen molar-refractivity contribution in [3.05, 3.63) is 0 Å². The molecule has 1 saturated heterocycles. The maximum absolute atomic E-state index is 11.4.